The van der Waals surface area contributed by atoms with E-state index in [-0.39, 0.29) is 11.8 Å². The minimum atomic E-state index is -0.337. The highest BCUT2D eigenvalue weighted by Crippen LogP contribution is 2.31. The Morgan fingerprint density at radius 3 is 2.42 bits per heavy atom. The van der Waals surface area contributed by atoms with Gasteiger partial charge < -0.3 is 9.47 Å². The van der Waals surface area contributed by atoms with Crippen molar-refractivity contribution in [2.45, 2.75) is 65.2 Å². The number of ketones is 1. The lowest BCUT2D eigenvalue weighted by atomic mass is 10.0. The Kier molecular flexibility index (Phi) is 7.29. The van der Waals surface area contributed by atoms with Gasteiger partial charge in [0.25, 0.3) is 0 Å². The number of ether oxygens (including phenoxy) is 2. The van der Waals surface area contributed by atoms with E-state index in [4.69, 9.17) is 9.47 Å². The summed E-state index contributed by atoms with van der Waals surface area (Å²) in [5.41, 5.74) is 1.95. The molecule has 1 aliphatic rings. The van der Waals surface area contributed by atoms with Crippen LogP contribution in [0.25, 0.3) is 0 Å². The smallest absolute Gasteiger partial charge is 0.338 e. The molecule has 1 aliphatic carbocycles. The number of hydrogen-bond donors (Lipinski definition) is 0. The third kappa shape index (κ3) is 4.83. The molecular formula is C20H28O4. The van der Waals surface area contributed by atoms with Crippen LogP contribution in [0.15, 0.2) is 12.1 Å². The molecule has 0 N–H and O–H groups in total. The first-order chi connectivity index (χ1) is 11.7. The first-order valence-electron chi connectivity index (χ1n) is 9.17. The third-order valence-electron chi connectivity index (χ3n) is 4.34. The minimum Gasteiger partial charge on any atom is -0.494 e. The van der Waals surface area contributed by atoms with Crippen molar-refractivity contribution in [3.05, 3.63) is 28.8 Å². The Labute approximate surface area is 144 Å². The first-order valence-corrected chi connectivity index (χ1v) is 9.17. The maximum atomic E-state index is 12.4. The van der Waals surface area contributed by atoms with Gasteiger partial charge in [0.05, 0.1) is 18.8 Å². The maximum Gasteiger partial charge on any atom is 0.338 e. The van der Waals surface area contributed by atoms with E-state index in [1.165, 1.54) is 0 Å². The normalized spacial score (nSPS) is 13.0. The molecule has 132 valence electrons. The Hall–Kier alpha value is -1.84. The van der Waals surface area contributed by atoms with Gasteiger partial charge in [0.2, 0.25) is 0 Å². The van der Waals surface area contributed by atoms with Gasteiger partial charge in [-0.15, -0.1) is 0 Å². The molecule has 0 fully saturated rings. The minimum absolute atomic E-state index is 0.0871. The van der Waals surface area contributed by atoms with Gasteiger partial charge >= 0.3 is 5.97 Å². The van der Waals surface area contributed by atoms with Gasteiger partial charge in [0.1, 0.15) is 5.75 Å². The van der Waals surface area contributed by atoms with Crippen molar-refractivity contribution in [1.29, 1.82) is 0 Å². The lowest BCUT2D eigenvalue weighted by Crippen LogP contribution is -2.11. The lowest BCUT2D eigenvalue weighted by Gasteiger charge is -2.12. The number of esters is 1. The molecule has 0 radical (unpaired) electrons. The summed E-state index contributed by atoms with van der Waals surface area (Å²) in [5, 5.41) is 0. The molecule has 0 unspecified atom stereocenters. The number of rotatable bonds is 10. The topological polar surface area (TPSA) is 52.6 Å². The standard InChI is InChI=1S/C20H28O4/c1-3-5-7-11-23-15-13-17-16(9-10-19(17)21)18(14-15)20(22)24-12-8-6-4-2/h13-14H,3-12H2,1-2H3. The van der Waals surface area contributed by atoms with E-state index >= 15 is 0 Å². The first kappa shape index (κ1) is 18.5. The van der Waals surface area contributed by atoms with Gasteiger partial charge in [0, 0.05) is 12.0 Å². The number of fused-ring (bicyclic) bond motifs is 1. The number of carbonyl (C=O) groups is 2. The SMILES string of the molecule is CCCCCOC(=O)c1cc(OCCCCC)cc2c1CCC2=O. The van der Waals surface area contributed by atoms with Crippen LogP contribution >= 0.6 is 0 Å². The molecule has 24 heavy (non-hydrogen) atoms. The summed E-state index contributed by atoms with van der Waals surface area (Å²) < 4.78 is 11.1. The monoisotopic (exact) mass is 332 g/mol. The molecule has 1 aromatic rings. The van der Waals surface area contributed by atoms with Gasteiger partial charge in [-0.2, -0.15) is 0 Å². The summed E-state index contributed by atoms with van der Waals surface area (Å²) in [7, 11) is 0. The van der Waals surface area contributed by atoms with E-state index in [2.05, 4.69) is 13.8 Å². The van der Waals surface area contributed by atoms with Crippen molar-refractivity contribution in [3.63, 3.8) is 0 Å². The van der Waals surface area contributed by atoms with E-state index in [0.29, 0.717) is 42.9 Å². The number of carbonyl (C=O) groups excluding carboxylic acids is 2. The molecule has 0 saturated heterocycles. The summed E-state index contributed by atoms with van der Waals surface area (Å²) in [6, 6.07) is 3.52. The van der Waals surface area contributed by atoms with Crippen LogP contribution in [0, 0.1) is 0 Å². The van der Waals surface area contributed by atoms with Gasteiger partial charge in [-0.3, -0.25) is 4.79 Å². The fraction of sp³-hybridized carbons (Fsp3) is 0.600. The number of Topliss-reactive ketones (excluding diaryl/α,β-unsaturated/α-hetero) is 1. The zero-order valence-corrected chi connectivity index (χ0v) is 14.9. The summed E-state index contributed by atoms with van der Waals surface area (Å²) in [5.74, 6) is 0.348. The van der Waals surface area contributed by atoms with E-state index in [9.17, 15) is 9.59 Å². The Balaban J connectivity index is 2.10. The summed E-state index contributed by atoms with van der Waals surface area (Å²) in [6.07, 6.45) is 7.29. The zero-order valence-electron chi connectivity index (χ0n) is 14.9. The van der Waals surface area contributed by atoms with Crippen LogP contribution in [0.2, 0.25) is 0 Å². The van der Waals surface area contributed by atoms with Crippen molar-refractivity contribution in [2.24, 2.45) is 0 Å². The Bertz CT molecular complexity index is 577. The van der Waals surface area contributed by atoms with Crippen LogP contribution in [-0.4, -0.2) is 25.0 Å². The van der Waals surface area contributed by atoms with Crippen LogP contribution in [0.5, 0.6) is 5.75 Å². The third-order valence-corrected chi connectivity index (χ3v) is 4.34. The van der Waals surface area contributed by atoms with E-state index in [1.807, 2.05) is 0 Å². The molecule has 4 nitrogen and oxygen atoms in total. The quantitative estimate of drug-likeness (QED) is 0.459. The van der Waals surface area contributed by atoms with Crippen LogP contribution in [-0.2, 0) is 11.2 Å². The van der Waals surface area contributed by atoms with Crippen molar-refractivity contribution in [1.82, 2.24) is 0 Å². The fourth-order valence-corrected chi connectivity index (χ4v) is 2.94. The fourth-order valence-electron chi connectivity index (χ4n) is 2.94. The summed E-state index contributed by atoms with van der Waals surface area (Å²) >= 11 is 0. The van der Waals surface area contributed by atoms with Crippen LogP contribution in [0.3, 0.4) is 0 Å². The highest BCUT2D eigenvalue weighted by Gasteiger charge is 2.27. The summed E-state index contributed by atoms with van der Waals surface area (Å²) in [6.45, 7) is 5.28. The molecule has 0 heterocycles. The molecule has 4 heteroatoms. The van der Waals surface area contributed by atoms with E-state index < -0.39 is 0 Å². The molecule has 0 saturated carbocycles. The second-order valence-electron chi connectivity index (χ2n) is 6.32. The molecule has 0 aromatic heterocycles. The molecule has 2 rings (SSSR count). The van der Waals surface area contributed by atoms with Crippen molar-refractivity contribution >= 4 is 11.8 Å². The molecule has 0 aliphatic heterocycles. The highest BCUT2D eigenvalue weighted by atomic mass is 16.5. The predicted octanol–water partition coefficient (Wildman–Crippen LogP) is 4.73. The average molecular weight is 332 g/mol. The second kappa shape index (κ2) is 9.45. The lowest BCUT2D eigenvalue weighted by molar-refractivity contribution is 0.0496. The van der Waals surface area contributed by atoms with Crippen LogP contribution in [0.4, 0.5) is 0 Å². The molecule has 0 spiro atoms. The predicted molar refractivity (Wildman–Crippen MR) is 93.9 cm³/mol. The van der Waals surface area contributed by atoms with Crippen molar-refractivity contribution in [2.75, 3.05) is 13.2 Å². The number of unbranched alkanes of at least 4 members (excludes halogenated alkanes) is 4. The van der Waals surface area contributed by atoms with Crippen LogP contribution in [0.1, 0.15) is 85.1 Å². The zero-order chi connectivity index (χ0) is 17.4. The largest absolute Gasteiger partial charge is 0.494 e. The van der Waals surface area contributed by atoms with Crippen molar-refractivity contribution in [3.8, 4) is 5.75 Å². The summed E-state index contributed by atoms with van der Waals surface area (Å²) in [4.78, 5) is 24.5. The average Bonchev–Trinajstić information content (AvgIpc) is 2.96. The Morgan fingerprint density at radius 1 is 1.00 bits per heavy atom. The molecule has 0 bridgehead atoms. The number of hydrogen-bond acceptors (Lipinski definition) is 4. The van der Waals surface area contributed by atoms with Gasteiger partial charge in [-0.1, -0.05) is 39.5 Å². The number of benzene rings is 1. The van der Waals surface area contributed by atoms with Gasteiger partial charge in [-0.25, -0.2) is 4.79 Å². The van der Waals surface area contributed by atoms with E-state index in [0.717, 1.165) is 44.1 Å². The van der Waals surface area contributed by atoms with Gasteiger partial charge in [-0.05, 0) is 37.0 Å². The highest BCUT2D eigenvalue weighted by molar-refractivity contribution is 6.05. The van der Waals surface area contributed by atoms with Crippen molar-refractivity contribution < 1.29 is 19.1 Å². The molecule has 1 aromatic carbocycles. The molecule has 0 amide bonds. The molecule has 0 atom stereocenters. The van der Waals surface area contributed by atoms with Gasteiger partial charge in [0.15, 0.2) is 5.78 Å². The second-order valence-corrected chi connectivity index (χ2v) is 6.32. The van der Waals surface area contributed by atoms with E-state index in [1.54, 1.807) is 12.1 Å². The van der Waals surface area contributed by atoms with Crippen LogP contribution < -0.4 is 4.74 Å². The Morgan fingerprint density at radius 2 is 1.71 bits per heavy atom. The molecular weight excluding hydrogens is 304 g/mol. The maximum absolute atomic E-state index is 12.4.